The number of carbonyl (C=O) groups is 2. The Kier molecular flexibility index (Phi) is 4.19. The minimum absolute atomic E-state index is 0.0434. The Bertz CT molecular complexity index is 700. The normalized spacial score (nSPS) is 27.9. The van der Waals surface area contributed by atoms with Crippen LogP contribution in [0.1, 0.15) is 18.9 Å². The van der Waals surface area contributed by atoms with Gasteiger partial charge in [0.2, 0.25) is 5.91 Å². The van der Waals surface area contributed by atoms with Crippen LogP contribution in [0.5, 0.6) is 0 Å². The van der Waals surface area contributed by atoms with Gasteiger partial charge in [0, 0.05) is 11.7 Å². The molecule has 3 rings (SSSR count). The summed E-state index contributed by atoms with van der Waals surface area (Å²) >= 11 is 2.84. The maximum atomic E-state index is 12.2. The Morgan fingerprint density at radius 1 is 1.52 bits per heavy atom. The van der Waals surface area contributed by atoms with Gasteiger partial charge in [0.1, 0.15) is 5.01 Å². The number of carbonyl (C=O) groups excluding carboxylic acids is 2. The lowest BCUT2D eigenvalue weighted by molar-refractivity contribution is -0.301. The number of β-lactam (4-membered cyclic amide) rings is 1. The summed E-state index contributed by atoms with van der Waals surface area (Å²) < 4.78 is 0.757. The molecule has 1 saturated heterocycles. The maximum Gasteiger partial charge on any atom is 0.235 e. The molecule has 7 nitrogen and oxygen atoms in total. The molecule has 2 aliphatic rings. The number of carboxylic acids is 1. The second-order valence-electron chi connectivity index (χ2n) is 5.79. The summed E-state index contributed by atoms with van der Waals surface area (Å²) in [7, 11) is 0. The van der Waals surface area contributed by atoms with E-state index in [1.54, 1.807) is 6.92 Å². The molecule has 0 bridgehead atoms. The number of aromatic nitrogens is 2. The van der Waals surface area contributed by atoms with Crippen molar-refractivity contribution in [2.75, 3.05) is 5.75 Å². The Labute approximate surface area is 141 Å². The first-order valence-corrected chi connectivity index (χ1v) is 9.01. The van der Waals surface area contributed by atoms with E-state index in [1.165, 1.54) is 28.0 Å². The standard InChI is InChI=1S/C14H17N3O4S2/c1-5-8(4-22-14-16-15-7(3)23-14)11(13(20)21)17-10(5)9(6(2)18)12(17)19/h5-6,9-10,18H,4H2,1-3H3,(H,20,21)/p-1/t5-,6+,9+,10+/m0/s1. The predicted octanol–water partition coefficient (Wildman–Crippen LogP) is -0.200. The van der Waals surface area contributed by atoms with E-state index in [2.05, 4.69) is 10.2 Å². The zero-order valence-electron chi connectivity index (χ0n) is 12.8. The van der Waals surface area contributed by atoms with Crippen molar-refractivity contribution in [1.29, 1.82) is 0 Å². The van der Waals surface area contributed by atoms with Gasteiger partial charge in [0.05, 0.1) is 29.7 Å². The monoisotopic (exact) mass is 354 g/mol. The third-order valence-corrected chi connectivity index (χ3v) is 6.39. The Hall–Kier alpha value is -1.45. The van der Waals surface area contributed by atoms with E-state index in [1.807, 2.05) is 13.8 Å². The number of rotatable bonds is 5. The molecule has 9 heteroatoms. The molecule has 23 heavy (non-hydrogen) atoms. The first kappa shape index (κ1) is 16.4. The molecule has 4 atom stereocenters. The minimum atomic E-state index is -1.35. The van der Waals surface area contributed by atoms with Crippen molar-refractivity contribution in [2.24, 2.45) is 11.8 Å². The number of aliphatic hydroxyl groups is 1. The average Bonchev–Trinajstić information content (AvgIpc) is 2.97. The summed E-state index contributed by atoms with van der Waals surface area (Å²) in [6.45, 7) is 5.29. The van der Waals surface area contributed by atoms with Crippen LogP contribution in [0.2, 0.25) is 0 Å². The highest BCUT2D eigenvalue weighted by Gasteiger charge is 2.58. The van der Waals surface area contributed by atoms with Gasteiger partial charge in [-0.05, 0) is 19.4 Å². The molecule has 124 valence electrons. The van der Waals surface area contributed by atoms with Crippen LogP contribution in [0.3, 0.4) is 0 Å². The lowest BCUT2D eigenvalue weighted by atomic mass is 9.78. The van der Waals surface area contributed by atoms with Gasteiger partial charge in [0.15, 0.2) is 4.34 Å². The van der Waals surface area contributed by atoms with Crippen LogP contribution in [-0.2, 0) is 9.59 Å². The number of hydrogen-bond acceptors (Lipinski definition) is 8. The second-order valence-corrected chi connectivity index (χ2v) is 8.19. The van der Waals surface area contributed by atoms with E-state index in [-0.39, 0.29) is 23.6 Å². The molecule has 3 heterocycles. The van der Waals surface area contributed by atoms with Crippen LogP contribution in [0.15, 0.2) is 15.6 Å². The zero-order chi connectivity index (χ0) is 16.9. The quantitative estimate of drug-likeness (QED) is 0.576. The summed E-state index contributed by atoms with van der Waals surface area (Å²) in [5.41, 5.74) is 0.613. The van der Waals surface area contributed by atoms with Gasteiger partial charge in [-0.2, -0.15) is 0 Å². The summed E-state index contributed by atoms with van der Waals surface area (Å²) in [4.78, 5) is 25.0. The SMILES string of the molecule is Cc1nnc(SCC2=C(C(=O)[O-])N3C(=O)[C@H]([C@@H](C)O)[C@H]3[C@H]2C)s1. The van der Waals surface area contributed by atoms with E-state index in [4.69, 9.17) is 0 Å². The molecule has 1 amide bonds. The lowest BCUT2D eigenvalue weighted by Gasteiger charge is -2.47. The van der Waals surface area contributed by atoms with Crippen LogP contribution < -0.4 is 5.11 Å². The highest BCUT2D eigenvalue weighted by molar-refractivity contribution is 8.01. The Balaban J connectivity index is 1.85. The summed E-state index contributed by atoms with van der Waals surface area (Å²) in [6, 6.07) is -0.304. The fourth-order valence-electron chi connectivity index (χ4n) is 3.30. The molecule has 2 aliphatic heterocycles. The van der Waals surface area contributed by atoms with Crippen LogP contribution in [0.4, 0.5) is 0 Å². The van der Waals surface area contributed by atoms with Crippen LogP contribution in [0.25, 0.3) is 0 Å². The zero-order valence-corrected chi connectivity index (χ0v) is 14.5. The maximum absolute atomic E-state index is 12.2. The summed E-state index contributed by atoms with van der Waals surface area (Å²) in [5, 5.41) is 30.1. The van der Waals surface area contributed by atoms with Gasteiger partial charge in [-0.3, -0.25) is 4.79 Å². The van der Waals surface area contributed by atoms with E-state index in [0.29, 0.717) is 11.3 Å². The van der Waals surface area contributed by atoms with E-state index in [9.17, 15) is 19.8 Å². The largest absolute Gasteiger partial charge is 0.543 e. The lowest BCUT2D eigenvalue weighted by Crippen LogP contribution is -2.64. The first-order chi connectivity index (χ1) is 10.8. The number of nitrogens with zero attached hydrogens (tertiary/aromatic N) is 3. The third-order valence-electron chi connectivity index (χ3n) is 4.37. The first-order valence-electron chi connectivity index (χ1n) is 7.21. The molecule has 0 aliphatic carbocycles. The van der Waals surface area contributed by atoms with E-state index < -0.39 is 18.0 Å². The molecule has 0 spiro atoms. The fraction of sp³-hybridized carbons (Fsp3) is 0.571. The van der Waals surface area contributed by atoms with Gasteiger partial charge >= 0.3 is 0 Å². The number of thioether (sulfide) groups is 1. The number of fused-ring (bicyclic) bond motifs is 1. The molecule has 0 unspecified atom stereocenters. The average molecular weight is 354 g/mol. The van der Waals surface area contributed by atoms with Gasteiger partial charge < -0.3 is 19.9 Å². The third kappa shape index (κ3) is 2.56. The van der Waals surface area contributed by atoms with Crippen molar-refractivity contribution in [2.45, 2.75) is 37.3 Å². The van der Waals surface area contributed by atoms with Crippen molar-refractivity contribution in [1.82, 2.24) is 15.1 Å². The number of amides is 1. The van der Waals surface area contributed by atoms with Crippen LogP contribution in [-0.4, -0.2) is 50.0 Å². The number of aryl methyl sites for hydroxylation is 1. The highest BCUT2D eigenvalue weighted by Crippen LogP contribution is 2.48. The van der Waals surface area contributed by atoms with Crippen molar-refractivity contribution < 1.29 is 19.8 Å². The Morgan fingerprint density at radius 3 is 2.74 bits per heavy atom. The van der Waals surface area contributed by atoms with Crippen molar-refractivity contribution in [3.8, 4) is 0 Å². The fourth-order valence-corrected chi connectivity index (χ4v) is 5.27. The van der Waals surface area contributed by atoms with Crippen molar-refractivity contribution in [3.63, 3.8) is 0 Å². The smallest absolute Gasteiger partial charge is 0.235 e. The van der Waals surface area contributed by atoms with Gasteiger partial charge in [-0.1, -0.05) is 30.0 Å². The molecule has 1 N–H and O–H groups in total. The van der Waals surface area contributed by atoms with Crippen LogP contribution in [0, 0.1) is 18.8 Å². The molecular formula is C14H16N3O4S2-. The molecule has 0 aromatic carbocycles. The molecule has 0 radical (unpaired) electrons. The number of carboxylic acid groups (broad SMARTS) is 1. The van der Waals surface area contributed by atoms with Crippen molar-refractivity contribution in [3.05, 3.63) is 16.3 Å². The topological polar surface area (TPSA) is 106 Å². The van der Waals surface area contributed by atoms with Gasteiger partial charge in [0.25, 0.3) is 0 Å². The van der Waals surface area contributed by atoms with Crippen LogP contribution >= 0.6 is 23.1 Å². The van der Waals surface area contributed by atoms with Gasteiger partial charge in [-0.15, -0.1) is 10.2 Å². The van der Waals surface area contributed by atoms with E-state index >= 15 is 0 Å². The minimum Gasteiger partial charge on any atom is -0.543 e. The highest BCUT2D eigenvalue weighted by atomic mass is 32.2. The van der Waals surface area contributed by atoms with E-state index in [0.717, 1.165) is 9.35 Å². The Morgan fingerprint density at radius 2 is 2.22 bits per heavy atom. The molecule has 1 aromatic heterocycles. The summed E-state index contributed by atoms with van der Waals surface area (Å²) in [5.74, 6) is -1.97. The number of hydrogen-bond donors (Lipinski definition) is 1. The number of aliphatic carboxylic acids is 1. The number of aliphatic hydroxyl groups excluding tert-OH is 1. The molecule has 0 saturated carbocycles. The molecule has 1 fully saturated rings. The predicted molar refractivity (Wildman–Crippen MR) is 82.4 cm³/mol. The van der Waals surface area contributed by atoms with Gasteiger partial charge in [-0.25, -0.2) is 0 Å². The molecular weight excluding hydrogens is 338 g/mol. The molecule has 1 aromatic rings. The van der Waals surface area contributed by atoms with Crippen molar-refractivity contribution >= 4 is 35.0 Å². The summed E-state index contributed by atoms with van der Waals surface area (Å²) in [6.07, 6.45) is -0.799. The second kappa shape index (κ2) is 5.88.